The Morgan fingerprint density at radius 2 is 1.89 bits per heavy atom. The Bertz CT molecular complexity index is 283. The predicted molar refractivity (Wildman–Crippen MR) is 59.8 cm³/mol. The molecule has 0 aromatic heterocycles. The topological polar surface area (TPSA) is 116 Å². The number of hydrogen-bond acceptors (Lipinski definition) is 6. The fourth-order valence-electron chi connectivity index (χ4n) is 1.80. The van der Waals surface area contributed by atoms with Crippen LogP contribution in [0.15, 0.2) is 0 Å². The van der Waals surface area contributed by atoms with E-state index in [0.717, 1.165) is 0 Å². The fraction of sp³-hybridized carbons (Fsp3) is 0.909. The molecular weight excluding hydrogens is 244 g/mol. The molecule has 1 heterocycles. The lowest BCUT2D eigenvalue weighted by Gasteiger charge is -2.40. The molecule has 6 atom stereocenters. The summed E-state index contributed by atoms with van der Waals surface area (Å²) in [4.78, 5) is 10.6. The van der Waals surface area contributed by atoms with Gasteiger partial charge in [0, 0.05) is 0 Å². The first-order valence-electron chi connectivity index (χ1n) is 5.93. The first-order valence-corrected chi connectivity index (χ1v) is 5.93. The third kappa shape index (κ3) is 3.63. The van der Waals surface area contributed by atoms with E-state index in [1.54, 1.807) is 6.92 Å². The van der Waals surface area contributed by atoms with E-state index >= 15 is 0 Å². The van der Waals surface area contributed by atoms with E-state index in [1.165, 1.54) is 6.92 Å². The second-order valence-electron chi connectivity index (χ2n) is 4.45. The van der Waals surface area contributed by atoms with Gasteiger partial charge in [-0.25, -0.2) is 0 Å². The molecule has 1 fully saturated rings. The smallest absolute Gasteiger partial charge is 0.305 e. The largest absolute Gasteiger partial charge is 0.481 e. The molecule has 0 amide bonds. The van der Waals surface area contributed by atoms with Crippen LogP contribution in [0.25, 0.3) is 0 Å². The molecule has 1 aliphatic heterocycles. The monoisotopic (exact) mass is 264 g/mol. The second kappa shape index (κ2) is 6.44. The summed E-state index contributed by atoms with van der Waals surface area (Å²) < 4.78 is 10.5. The zero-order chi connectivity index (χ0) is 13.9. The molecule has 0 radical (unpaired) electrons. The highest BCUT2D eigenvalue weighted by Crippen LogP contribution is 2.23. The first-order chi connectivity index (χ1) is 8.36. The van der Waals surface area contributed by atoms with E-state index in [9.17, 15) is 20.1 Å². The lowest BCUT2D eigenvalue weighted by molar-refractivity contribution is -0.304. The van der Waals surface area contributed by atoms with E-state index in [4.69, 9.17) is 14.6 Å². The summed E-state index contributed by atoms with van der Waals surface area (Å²) in [5.74, 6) is -1.01. The van der Waals surface area contributed by atoms with E-state index < -0.39 is 42.8 Å². The maximum atomic E-state index is 10.6. The summed E-state index contributed by atoms with van der Waals surface area (Å²) in [5, 5.41) is 37.4. The van der Waals surface area contributed by atoms with Gasteiger partial charge >= 0.3 is 5.97 Å². The van der Waals surface area contributed by atoms with Gasteiger partial charge in [-0.2, -0.15) is 0 Å². The van der Waals surface area contributed by atoms with Crippen LogP contribution in [0.5, 0.6) is 0 Å². The Balaban J connectivity index is 2.62. The molecule has 7 heteroatoms. The van der Waals surface area contributed by atoms with Gasteiger partial charge in [0.25, 0.3) is 0 Å². The van der Waals surface area contributed by atoms with Gasteiger partial charge in [-0.15, -0.1) is 0 Å². The number of aliphatic hydroxyl groups is 3. The van der Waals surface area contributed by atoms with Crippen molar-refractivity contribution >= 4 is 5.97 Å². The first kappa shape index (κ1) is 15.3. The van der Waals surface area contributed by atoms with Crippen molar-refractivity contribution in [1.82, 2.24) is 0 Å². The van der Waals surface area contributed by atoms with Crippen molar-refractivity contribution < 1.29 is 34.7 Å². The SMILES string of the molecule is CCC(CC(=O)O)OC1O[C@@H](C)[C@H](O)[C@@H](O)[C@H]1O. The number of ether oxygens (including phenoxy) is 2. The average Bonchev–Trinajstić information content (AvgIpc) is 2.31. The number of aliphatic hydroxyl groups excluding tert-OH is 3. The molecular formula is C11H20O7. The predicted octanol–water partition coefficient (Wildman–Crippen LogP) is -0.916. The maximum Gasteiger partial charge on any atom is 0.305 e. The zero-order valence-electron chi connectivity index (χ0n) is 10.4. The maximum absolute atomic E-state index is 10.6. The second-order valence-corrected chi connectivity index (χ2v) is 4.45. The number of rotatable bonds is 5. The van der Waals surface area contributed by atoms with Crippen molar-refractivity contribution in [3.8, 4) is 0 Å². The Morgan fingerprint density at radius 1 is 1.28 bits per heavy atom. The number of carboxylic acid groups (broad SMARTS) is 1. The van der Waals surface area contributed by atoms with Crippen molar-refractivity contribution in [2.45, 2.75) is 63.5 Å². The highest BCUT2D eigenvalue weighted by Gasteiger charge is 2.43. The van der Waals surface area contributed by atoms with E-state index in [0.29, 0.717) is 6.42 Å². The minimum atomic E-state index is -1.40. The molecule has 4 N–H and O–H groups in total. The molecule has 2 unspecified atom stereocenters. The quantitative estimate of drug-likeness (QED) is 0.507. The van der Waals surface area contributed by atoms with E-state index in [2.05, 4.69) is 0 Å². The minimum absolute atomic E-state index is 0.212. The molecule has 1 saturated heterocycles. The van der Waals surface area contributed by atoms with Crippen LogP contribution in [0, 0.1) is 0 Å². The van der Waals surface area contributed by atoms with Crippen molar-refractivity contribution in [1.29, 1.82) is 0 Å². The molecule has 1 aliphatic rings. The van der Waals surface area contributed by atoms with Crippen LogP contribution in [0.4, 0.5) is 0 Å². The summed E-state index contributed by atoms with van der Waals surface area (Å²) in [7, 11) is 0. The minimum Gasteiger partial charge on any atom is -0.481 e. The molecule has 7 nitrogen and oxygen atoms in total. The molecule has 0 spiro atoms. The highest BCUT2D eigenvalue weighted by molar-refractivity contribution is 5.67. The number of carbonyl (C=O) groups is 1. The van der Waals surface area contributed by atoms with Crippen molar-refractivity contribution in [3.05, 3.63) is 0 Å². The third-order valence-electron chi connectivity index (χ3n) is 2.99. The standard InChI is InChI=1S/C11H20O7/c1-3-6(4-7(12)13)18-11-10(16)9(15)8(14)5(2)17-11/h5-6,8-11,14-16H,3-4H2,1-2H3,(H,12,13)/t5-,6?,8-,9+,10+,11?/m0/s1. The van der Waals surface area contributed by atoms with Gasteiger partial charge in [0.15, 0.2) is 6.29 Å². The third-order valence-corrected chi connectivity index (χ3v) is 2.99. The van der Waals surface area contributed by atoms with Gasteiger partial charge in [0.2, 0.25) is 0 Å². The average molecular weight is 264 g/mol. The van der Waals surface area contributed by atoms with Crippen LogP contribution in [0.1, 0.15) is 26.7 Å². The normalized spacial score (nSPS) is 38.4. The summed E-state index contributed by atoms with van der Waals surface area (Å²) >= 11 is 0. The fourth-order valence-corrected chi connectivity index (χ4v) is 1.80. The Labute approximate surface area is 105 Å². The van der Waals surface area contributed by atoms with Crippen LogP contribution >= 0.6 is 0 Å². The molecule has 0 aliphatic carbocycles. The molecule has 1 rings (SSSR count). The lowest BCUT2D eigenvalue weighted by Crippen LogP contribution is -2.58. The molecule has 18 heavy (non-hydrogen) atoms. The van der Waals surface area contributed by atoms with Crippen molar-refractivity contribution in [3.63, 3.8) is 0 Å². The highest BCUT2D eigenvalue weighted by atomic mass is 16.7. The van der Waals surface area contributed by atoms with Crippen LogP contribution in [-0.4, -0.2) is 63.2 Å². The Morgan fingerprint density at radius 3 is 2.39 bits per heavy atom. The summed E-state index contributed by atoms with van der Waals surface area (Å²) in [6.45, 7) is 3.28. The zero-order valence-corrected chi connectivity index (χ0v) is 10.4. The van der Waals surface area contributed by atoms with Gasteiger partial charge in [0.05, 0.1) is 18.6 Å². The van der Waals surface area contributed by atoms with Crippen molar-refractivity contribution in [2.75, 3.05) is 0 Å². The van der Waals surface area contributed by atoms with Gasteiger partial charge < -0.3 is 29.9 Å². The summed E-state index contributed by atoms with van der Waals surface area (Å²) in [6.07, 6.45) is -6.20. The van der Waals surface area contributed by atoms with Gasteiger partial charge in [-0.05, 0) is 13.3 Å². The Hall–Kier alpha value is -0.730. The number of aliphatic carboxylic acids is 1. The van der Waals surface area contributed by atoms with Gasteiger partial charge in [0.1, 0.15) is 18.3 Å². The van der Waals surface area contributed by atoms with E-state index in [1.807, 2.05) is 0 Å². The van der Waals surface area contributed by atoms with E-state index in [-0.39, 0.29) is 6.42 Å². The lowest BCUT2D eigenvalue weighted by atomic mass is 10.00. The Kier molecular flexibility index (Phi) is 5.48. The van der Waals surface area contributed by atoms with Gasteiger partial charge in [-0.1, -0.05) is 6.92 Å². The van der Waals surface area contributed by atoms with Crippen LogP contribution < -0.4 is 0 Å². The molecule has 0 bridgehead atoms. The van der Waals surface area contributed by atoms with Crippen molar-refractivity contribution in [2.24, 2.45) is 0 Å². The molecule has 0 saturated carbocycles. The van der Waals surface area contributed by atoms with Crippen LogP contribution in [0.2, 0.25) is 0 Å². The van der Waals surface area contributed by atoms with Gasteiger partial charge in [-0.3, -0.25) is 4.79 Å². The number of carboxylic acids is 1. The number of hydrogen-bond donors (Lipinski definition) is 4. The van der Waals surface area contributed by atoms with Crippen LogP contribution in [0.3, 0.4) is 0 Å². The molecule has 0 aromatic rings. The van der Waals surface area contributed by atoms with Crippen LogP contribution in [-0.2, 0) is 14.3 Å². The summed E-state index contributed by atoms with van der Waals surface area (Å²) in [6, 6.07) is 0. The summed E-state index contributed by atoms with van der Waals surface area (Å²) in [5.41, 5.74) is 0. The molecule has 106 valence electrons. The molecule has 0 aromatic carbocycles.